The Kier molecular flexibility index (Phi) is 4.59. The molecule has 0 bridgehead atoms. The number of hydrogen-bond acceptors (Lipinski definition) is 5. The molecule has 9 heteroatoms. The van der Waals surface area contributed by atoms with Crippen LogP contribution in [0.15, 0.2) is 58.1 Å². The van der Waals surface area contributed by atoms with Gasteiger partial charge in [0.15, 0.2) is 0 Å². The minimum absolute atomic E-state index is 0.0808. The van der Waals surface area contributed by atoms with Crippen molar-refractivity contribution in [3.63, 3.8) is 0 Å². The first-order chi connectivity index (χ1) is 15.0. The zero-order valence-electron chi connectivity index (χ0n) is 16.7. The maximum atomic E-state index is 13.6. The summed E-state index contributed by atoms with van der Waals surface area (Å²) in [5.41, 5.74) is 2.37. The van der Waals surface area contributed by atoms with Gasteiger partial charge in [0.25, 0.3) is 11.4 Å². The van der Waals surface area contributed by atoms with E-state index < -0.39 is 0 Å². The molecule has 0 amide bonds. The molecule has 0 radical (unpaired) electrons. The third kappa shape index (κ3) is 3.02. The highest BCUT2D eigenvalue weighted by molar-refractivity contribution is 6.35. The molecule has 0 fully saturated rings. The van der Waals surface area contributed by atoms with Gasteiger partial charge in [-0.05, 0) is 49.7 Å². The standard InChI is InChI=1S/C22H17ClFN5O2/c1-3-12(2)29-18-15(23)5-4-6-16(18)28-11-25-17(19(28)22(29)30)20-26-21(31-27-20)13-7-9-14(24)10-8-13/h4-12H,3H2,1-2H3. The van der Waals surface area contributed by atoms with Crippen LogP contribution in [0.1, 0.15) is 26.3 Å². The molecule has 1 atom stereocenters. The van der Waals surface area contributed by atoms with Gasteiger partial charge in [0.2, 0.25) is 5.82 Å². The summed E-state index contributed by atoms with van der Waals surface area (Å²) in [4.78, 5) is 22.4. The van der Waals surface area contributed by atoms with E-state index in [1.807, 2.05) is 26.0 Å². The molecule has 2 aromatic carbocycles. The Labute approximate surface area is 180 Å². The largest absolute Gasteiger partial charge is 0.334 e. The number of nitrogens with zero attached hydrogens (tertiary/aromatic N) is 5. The lowest BCUT2D eigenvalue weighted by atomic mass is 10.2. The first kappa shape index (κ1) is 19.4. The summed E-state index contributed by atoms with van der Waals surface area (Å²) in [5.74, 6) is 0.0259. The normalized spacial score (nSPS) is 12.6. The van der Waals surface area contributed by atoms with Crippen molar-refractivity contribution in [2.24, 2.45) is 0 Å². The predicted molar refractivity (Wildman–Crippen MR) is 116 cm³/mol. The number of para-hydroxylation sites is 1. The summed E-state index contributed by atoms with van der Waals surface area (Å²) in [6, 6.07) is 11.1. The molecule has 7 nitrogen and oxygen atoms in total. The Bertz CT molecular complexity index is 1490. The van der Waals surface area contributed by atoms with Crippen molar-refractivity contribution in [1.82, 2.24) is 24.1 Å². The molecule has 3 aromatic heterocycles. The van der Waals surface area contributed by atoms with Gasteiger partial charge in [0.1, 0.15) is 23.4 Å². The van der Waals surface area contributed by atoms with Gasteiger partial charge >= 0.3 is 0 Å². The smallest absolute Gasteiger partial charge is 0.278 e. The van der Waals surface area contributed by atoms with Crippen LogP contribution in [0.4, 0.5) is 4.39 Å². The molecule has 0 aliphatic heterocycles. The fraction of sp³-hybridized carbons (Fsp3) is 0.182. The number of benzene rings is 2. The SMILES string of the molecule is CCC(C)n1c(=O)c2c(-c3noc(-c4ccc(F)cc4)n3)ncn2c2cccc(Cl)c21. The highest BCUT2D eigenvalue weighted by Gasteiger charge is 2.23. The van der Waals surface area contributed by atoms with Gasteiger partial charge in [-0.2, -0.15) is 4.98 Å². The van der Waals surface area contributed by atoms with Crippen molar-refractivity contribution < 1.29 is 8.91 Å². The second kappa shape index (κ2) is 7.31. The molecule has 156 valence electrons. The van der Waals surface area contributed by atoms with Crippen LogP contribution in [0.3, 0.4) is 0 Å². The molecule has 1 unspecified atom stereocenters. The predicted octanol–water partition coefficient (Wildman–Crippen LogP) is 5.13. The van der Waals surface area contributed by atoms with Crippen molar-refractivity contribution in [3.8, 4) is 23.0 Å². The summed E-state index contributed by atoms with van der Waals surface area (Å²) in [5, 5.41) is 4.50. The molecule has 0 saturated carbocycles. The van der Waals surface area contributed by atoms with E-state index in [9.17, 15) is 9.18 Å². The van der Waals surface area contributed by atoms with E-state index in [1.54, 1.807) is 33.5 Å². The molecule has 5 aromatic rings. The lowest BCUT2D eigenvalue weighted by molar-refractivity contribution is 0.432. The molecule has 0 N–H and O–H groups in total. The quantitative estimate of drug-likeness (QED) is 0.389. The maximum Gasteiger partial charge on any atom is 0.278 e. The van der Waals surface area contributed by atoms with Crippen LogP contribution in [0.5, 0.6) is 0 Å². The van der Waals surface area contributed by atoms with Crippen molar-refractivity contribution in [3.05, 3.63) is 70.0 Å². The molecular formula is C22H17ClFN5O2. The Hall–Kier alpha value is -3.52. The first-order valence-electron chi connectivity index (χ1n) is 9.79. The minimum Gasteiger partial charge on any atom is -0.334 e. The molecule has 0 aliphatic carbocycles. The average Bonchev–Trinajstić information content (AvgIpc) is 3.42. The fourth-order valence-corrected chi connectivity index (χ4v) is 3.94. The number of halogens is 2. The lowest BCUT2D eigenvalue weighted by Crippen LogP contribution is -2.26. The molecule has 0 saturated heterocycles. The van der Waals surface area contributed by atoms with Crippen LogP contribution < -0.4 is 5.56 Å². The third-order valence-electron chi connectivity index (χ3n) is 5.42. The highest BCUT2D eigenvalue weighted by Crippen LogP contribution is 2.29. The Balaban J connectivity index is 1.77. The monoisotopic (exact) mass is 437 g/mol. The Morgan fingerprint density at radius 3 is 2.68 bits per heavy atom. The van der Waals surface area contributed by atoms with Gasteiger partial charge in [0.05, 0.1) is 16.1 Å². The number of rotatable bonds is 4. The van der Waals surface area contributed by atoms with E-state index in [1.165, 1.54) is 12.1 Å². The average molecular weight is 438 g/mol. The number of fused-ring (bicyclic) bond motifs is 3. The van der Waals surface area contributed by atoms with Crippen LogP contribution in [-0.4, -0.2) is 24.1 Å². The second-order valence-corrected chi connectivity index (χ2v) is 7.69. The van der Waals surface area contributed by atoms with Crippen LogP contribution in [-0.2, 0) is 0 Å². The van der Waals surface area contributed by atoms with Crippen molar-refractivity contribution >= 4 is 28.2 Å². The van der Waals surface area contributed by atoms with E-state index in [0.717, 1.165) is 11.9 Å². The van der Waals surface area contributed by atoms with Crippen molar-refractivity contribution in [2.45, 2.75) is 26.3 Å². The van der Waals surface area contributed by atoms with E-state index in [-0.39, 0.29) is 29.1 Å². The maximum absolute atomic E-state index is 13.6. The summed E-state index contributed by atoms with van der Waals surface area (Å²) in [6.07, 6.45) is 2.30. The van der Waals surface area contributed by atoms with E-state index in [0.29, 0.717) is 27.3 Å². The molecule has 5 rings (SSSR count). The van der Waals surface area contributed by atoms with Gasteiger partial charge in [-0.1, -0.05) is 29.7 Å². The summed E-state index contributed by atoms with van der Waals surface area (Å²) in [7, 11) is 0. The number of aromatic nitrogens is 5. The second-order valence-electron chi connectivity index (χ2n) is 7.28. The molecule has 0 spiro atoms. The Morgan fingerprint density at radius 2 is 1.94 bits per heavy atom. The van der Waals surface area contributed by atoms with Gasteiger partial charge in [-0.3, -0.25) is 9.20 Å². The zero-order valence-corrected chi connectivity index (χ0v) is 17.5. The van der Waals surface area contributed by atoms with Gasteiger partial charge in [-0.25, -0.2) is 9.37 Å². The summed E-state index contributed by atoms with van der Waals surface area (Å²) >= 11 is 6.48. The molecule has 0 aliphatic rings. The first-order valence-corrected chi connectivity index (χ1v) is 10.2. The molecule has 31 heavy (non-hydrogen) atoms. The lowest BCUT2D eigenvalue weighted by Gasteiger charge is -2.18. The topological polar surface area (TPSA) is 78.2 Å². The fourth-order valence-electron chi connectivity index (χ4n) is 3.68. The van der Waals surface area contributed by atoms with Crippen LogP contribution in [0.25, 0.3) is 39.5 Å². The molecule has 3 heterocycles. The van der Waals surface area contributed by atoms with Gasteiger partial charge in [0, 0.05) is 11.6 Å². The molecular weight excluding hydrogens is 421 g/mol. The van der Waals surface area contributed by atoms with Gasteiger partial charge in [-0.15, -0.1) is 0 Å². The summed E-state index contributed by atoms with van der Waals surface area (Å²) < 4.78 is 22.0. The Morgan fingerprint density at radius 1 is 1.16 bits per heavy atom. The number of hydrogen-bond donors (Lipinski definition) is 0. The van der Waals surface area contributed by atoms with E-state index in [2.05, 4.69) is 15.1 Å². The van der Waals surface area contributed by atoms with Crippen LogP contribution >= 0.6 is 11.6 Å². The van der Waals surface area contributed by atoms with Crippen LogP contribution in [0.2, 0.25) is 5.02 Å². The van der Waals surface area contributed by atoms with E-state index in [4.69, 9.17) is 16.1 Å². The van der Waals surface area contributed by atoms with Crippen LogP contribution in [0, 0.1) is 5.82 Å². The summed E-state index contributed by atoms with van der Waals surface area (Å²) in [6.45, 7) is 3.98. The van der Waals surface area contributed by atoms with Crippen molar-refractivity contribution in [1.29, 1.82) is 0 Å². The zero-order chi connectivity index (χ0) is 21.7. The van der Waals surface area contributed by atoms with E-state index >= 15 is 0 Å². The minimum atomic E-state index is -0.361. The number of imidazole rings is 1. The highest BCUT2D eigenvalue weighted by atomic mass is 35.5. The third-order valence-corrected chi connectivity index (χ3v) is 5.72. The van der Waals surface area contributed by atoms with Gasteiger partial charge < -0.3 is 9.09 Å². The van der Waals surface area contributed by atoms with Crippen molar-refractivity contribution in [2.75, 3.05) is 0 Å².